The van der Waals surface area contributed by atoms with Crippen molar-refractivity contribution in [1.82, 2.24) is 5.32 Å². The third-order valence-corrected chi connectivity index (χ3v) is 3.24. The zero-order chi connectivity index (χ0) is 15.3. The maximum absolute atomic E-state index is 11.7. The number of nitrogens with zero attached hydrogens (tertiary/aromatic N) is 1. The minimum atomic E-state index is -3.55. The molecule has 110 valence electrons. The standard InChI is InChI=1S/C10H14N4O5S/c11-8-6-7(2-3-9(8)14(16)17)10(15)13-4-1-5-20(12,18)19/h2-3,6H,1,4-5,11H2,(H,13,15)(H2,12,18,19). The van der Waals surface area contributed by atoms with Crippen LogP contribution in [0.2, 0.25) is 0 Å². The average molecular weight is 302 g/mol. The van der Waals surface area contributed by atoms with Crippen LogP contribution in [0.5, 0.6) is 0 Å². The number of nitro groups is 1. The largest absolute Gasteiger partial charge is 0.393 e. The fraction of sp³-hybridized carbons (Fsp3) is 0.300. The third-order valence-electron chi connectivity index (χ3n) is 2.38. The lowest BCUT2D eigenvalue weighted by molar-refractivity contribution is -0.383. The van der Waals surface area contributed by atoms with E-state index in [0.29, 0.717) is 0 Å². The number of carbonyl (C=O) groups excluding carboxylic acids is 1. The van der Waals surface area contributed by atoms with Gasteiger partial charge in [-0.3, -0.25) is 14.9 Å². The van der Waals surface area contributed by atoms with Gasteiger partial charge in [-0.05, 0) is 18.6 Å². The second-order valence-electron chi connectivity index (χ2n) is 4.01. The molecule has 1 amide bonds. The van der Waals surface area contributed by atoms with Crippen LogP contribution in [0.15, 0.2) is 18.2 Å². The number of sulfonamides is 1. The van der Waals surface area contributed by atoms with Gasteiger partial charge in [-0.1, -0.05) is 0 Å². The Balaban J connectivity index is 2.60. The van der Waals surface area contributed by atoms with Crippen LogP contribution in [0.3, 0.4) is 0 Å². The van der Waals surface area contributed by atoms with Gasteiger partial charge in [0.2, 0.25) is 10.0 Å². The lowest BCUT2D eigenvalue weighted by Gasteiger charge is -2.05. The van der Waals surface area contributed by atoms with Crippen LogP contribution in [0.1, 0.15) is 16.8 Å². The van der Waals surface area contributed by atoms with Crippen molar-refractivity contribution in [3.8, 4) is 0 Å². The number of hydrogen-bond donors (Lipinski definition) is 3. The summed E-state index contributed by atoms with van der Waals surface area (Å²) in [6.07, 6.45) is 0.174. The van der Waals surface area contributed by atoms with Crippen LogP contribution >= 0.6 is 0 Å². The van der Waals surface area contributed by atoms with E-state index < -0.39 is 20.9 Å². The second kappa shape index (κ2) is 6.30. The molecule has 20 heavy (non-hydrogen) atoms. The van der Waals surface area contributed by atoms with Gasteiger partial charge in [-0.2, -0.15) is 0 Å². The van der Waals surface area contributed by atoms with Crippen molar-refractivity contribution in [3.63, 3.8) is 0 Å². The van der Waals surface area contributed by atoms with Crippen molar-refractivity contribution in [3.05, 3.63) is 33.9 Å². The number of primary sulfonamides is 1. The Morgan fingerprint density at radius 1 is 1.40 bits per heavy atom. The maximum Gasteiger partial charge on any atom is 0.292 e. The molecule has 0 unspecified atom stereocenters. The minimum Gasteiger partial charge on any atom is -0.393 e. The zero-order valence-corrected chi connectivity index (χ0v) is 11.2. The van der Waals surface area contributed by atoms with Gasteiger partial charge in [0.05, 0.1) is 10.7 Å². The molecule has 0 fully saturated rings. The first kappa shape index (κ1) is 15.9. The first-order valence-electron chi connectivity index (χ1n) is 5.53. The van der Waals surface area contributed by atoms with Crippen molar-refractivity contribution in [2.24, 2.45) is 5.14 Å². The fourth-order valence-electron chi connectivity index (χ4n) is 1.44. The number of nitrogens with two attached hydrogens (primary N) is 2. The SMILES string of the molecule is Nc1cc(C(=O)NCCCS(N)(=O)=O)ccc1[N+](=O)[O-]. The summed E-state index contributed by atoms with van der Waals surface area (Å²) in [5.74, 6) is -0.739. The van der Waals surface area contributed by atoms with Crippen molar-refractivity contribution in [2.75, 3.05) is 18.0 Å². The molecule has 0 saturated heterocycles. The van der Waals surface area contributed by atoms with E-state index in [1.807, 2.05) is 0 Å². The molecule has 5 N–H and O–H groups in total. The lowest BCUT2D eigenvalue weighted by Crippen LogP contribution is -2.27. The van der Waals surface area contributed by atoms with Gasteiger partial charge in [0.1, 0.15) is 5.69 Å². The molecule has 0 aliphatic rings. The Hall–Kier alpha value is -2.20. The van der Waals surface area contributed by atoms with Crippen molar-refractivity contribution >= 4 is 27.3 Å². The molecule has 0 saturated carbocycles. The first-order valence-corrected chi connectivity index (χ1v) is 7.25. The minimum absolute atomic E-state index is 0.117. The Morgan fingerprint density at radius 3 is 2.55 bits per heavy atom. The molecule has 1 rings (SSSR count). The number of benzene rings is 1. The summed E-state index contributed by atoms with van der Waals surface area (Å²) < 4.78 is 21.4. The van der Waals surface area contributed by atoms with Crippen LogP contribution < -0.4 is 16.2 Å². The highest BCUT2D eigenvalue weighted by Gasteiger charge is 2.14. The topological polar surface area (TPSA) is 158 Å². The molecule has 0 aliphatic carbocycles. The van der Waals surface area contributed by atoms with E-state index in [1.165, 1.54) is 12.1 Å². The van der Waals surface area contributed by atoms with Crippen LogP contribution in [0, 0.1) is 10.1 Å². The third kappa shape index (κ3) is 4.82. The summed E-state index contributed by atoms with van der Waals surface area (Å²) in [5, 5.41) is 17.8. The van der Waals surface area contributed by atoms with Crippen molar-refractivity contribution in [1.29, 1.82) is 0 Å². The number of nitrogen functional groups attached to an aromatic ring is 1. The summed E-state index contributed by atoms with van der Waals surface area (Å²) >= 11 is 0. The van der Waals surface area contributed by atoms with Gasteiger partial charge < -0.3 is 11.1 Å². The Kier molecular flexibility index (Phi) is 5.00. The van der Waals surface area contributed by atoms with E-state index in [0.717, 1.165) is 6.07 Å². The highest BCUT2D eigenvalue weighted by atomic mass is 32.2. The van der Waals surface area contributed by atoms with E-state index in [1.54, 1.807) is 0 Å². The van der Waals surface area contributed by atoms with Crippen LogP contribution in [-0.4, -0.2) is 31.5 Å². The first-order chi connectivity index (χ1) is 9.20. The molecule has 1 aromatic rings. The smallest absolute Gasteiger partial charge is 0.292 e. The summed E-state index contributed by atoms with van der Waals surface area (Å²) in [6.45, 7) is 0.117. The van der Waals surface area contributed by atoms with Gasteiger partial charge >= 0.3 is 0 Å². The molecule has 1 aromatic carbocycles. The van der Waals surface area contributed by atoms with Crippen LogP contribution in [-0.2, 0) is 10.0 Å². The number of amides is 1. The zero-order valence-electron chi connectivity index (χ0n) is 10.4. The number of hydrogen-bond acceptors (Lipinski definition) is 6. The van der Waals surface area contributed by atoms with Crippen molar-refractivity contribution in [2.45, 2.75) is 6.42 Å². The normalized spacial score (nSPS) is 11.1. The highest BCUT2D eigenvalue weighted by Crippen LogP contribution is 2.21. The lowest BCUT2D eigenvalue weighted by atomic mass is 10.1. The van der Waals surface area contributed by atoms with Gasteiger partial charge in [-0.15, -0.1) is 0 Å². The van der Waals surface area contributed by atoms with Gasteiger partial charge in [0.15, 0.2) is 0 Å². The van der Waals surface area contributed by atoms with E-state index in [4.69, 9.17) is 10.9 Å². The summed E-state index contributed by atoms with van der Waals surface area (Å²) in [5.41, 5.74) is 5.21. The molecular weight excluding hydrogens is 288 g/mol. The van der Waals surface area contributed by atoms with E-state index in [2.05, 4.69) is 5.32 Å². The van der Waals surface area contributed by atoms with Gasteiger partial charge in [-0.25, -0.2) is 13.6 Å². The number of nitro benzene ring substituents is 1. The molecule has 0 heterocycles. The van der Waals surface area contributed by atoms with E-state index in [-0.39, 0.29) is 35.7 Å². The average Bonchev–Trinajstić information content (AvgIpc) is 2.32. The van der Waals surface area contributed by atoms with E-state index in [9.17, 15) is 23.3 Å². The maximum atomic E-state index is 11.7. The monoisotopic (exact) mass is 302 g/mol. The number of anilines is 1. The molecular formula is C10H14N4O5S. The molecule has 0 aliphatic heterocycles. The van der Waals surface area contributed by atoms with Crippen LogP contribution in [0.25, 0.3) is 0 Å². The molecule has 0 atom stereocenters. The molecule has 0 aromatic heterocycles. The Bertz CT molecular complexity index is 629. The summed E-state index contributed by atoms with van der Waals surface area (Å²) in [7, 11) is -3.55. The van der Waals surface area contributed by atoms with Gasteiger partial charge in [0.25, 0.3) is 11.6 Å². The molecule has 0 radical (unpaired) electrons. The second-order valence-corrected chi connectivity index (χ2v) is 5.74. The molecule has 9 nitrogen and oxygen atoms in total. The highest BCUT2D eigenvalue weighted by molar-refractivity contribution is 7.89. The summed E-state index contributed by atoms with van der Waals surface area (Å²) in [4.78, 5) is 21.6. The number of rotatable bonds is 6. The van der Waals surface area contributed by atoms with E-state index >= 15 is 0 Å². The predicted octanol–water partition coefficient (Wildman–Crippen LogP) is -0.415. The number of carbonyl (C=O) groups is 1. The molecule has 0 bridgehead atoms. The quantitative estimate of drug-likeness (QED) is 0.280. The van der Waals surface area contributed by atoms with Gasteiger partial charge in [0, 0.05) is 18.2 Å². The molecule has 0 spiro atoms. The Labute approximate surface area is 115 Å². The number of nitrogens with one attached hydrogen (secondary N) is 1. The Morgan fingerprint density at radius 2 is 2.05 bits per heavy atom. The summed E-state index contributed by atoms with van der Waals surface area (Å²) in [6, 6.07) is 3.59. The predicted molar refractivity (Wildman–Crippen MR) is 72.4 cm³/mol. The molecule has 10 heteroatoms. The fourth-order valence-corrected chi connectivity index (χ4v) is 1.99. The van der Waals surface area contributed by atoms with Crippen molar-refractivity contribution < 1.29 is 18.1 Å². The van der Waals surface area contributed by atoms with Crippen LogP contribution in [0.4, 0.5) is 11.4 Å².